The van der Waals surface area contributed by atoms with Crippen LogP contribution in [0, 0.1) is 0 Å². The molecular weight excluding hydrogens is 164 g/mol. The van der Waals surface area contributed by atoms with E-state index < -0.39 is 0 Å². The van der Waals surface area contributed by atoms with Gasteiger partial charge in [-0.15, -0.1) is 0 Å². The Bertz CT molecular complexity index is 273. The monoisotopic (exact) mass is 176 g/mol. The van der Waals surface area contributed by atoms with E-state index in [1.807, 2.05) is 38.1 Å². The molecule has 0 fully saturated rings. The van der Waals surface area contributed by atoms with Gasteiger partial charge in [0.15, 0.2) is 0 Å². The Labute approximate surface area is 78.9 Å². The highest BCUT2D eigenvalue weighted by Crippen LogP contribution is 2.12. The first kappa shape index (κ1) is 9.14. The van der Waals surface area contributed by atoms with Gasteiger partial charge in [0.2, 0.25) is 0 Å². The molecule has 1 heteroatoms. The summed E-state index contributed by atoms with van der Waals surface area (Å²) in [6.07, 6.45) is 0. The van der Waals surface area contributed by atoms with Crippen LogP contribution in [-0.4, -0.2) is 4.86 Å². The van der Waals surface area contributed by atoms with Gasteiger partial charge >= 0.3 is 0 Å². The average Bonchev–Trinajstić information content (AvgIpc) is 2.04. The Hall–Kier alpha value is -0.950. The van der Waals surface area contributed by atoms with E-state index >= 15 is 0 Å². The molecule has 0 heterocycles. The number of rotatable bonds is 2. The molecular formula is C11H12S. The van der Waals surface area contributed by atoms with E-state index in [1.54, 1.807) is 0 Å². The topological polar surface area (TPSA) is 0 Å². The molecule has 1 rings (SSSR count). The molecule has 1 aromatic rings. The molecule has 0 saturated carbocycles. The van der Waals surface area contributed by atoms with Crippen molar-refractivity contribution in [2.24, 2.45) is 0 Å². The second-order valence-electron chi connectivity index (χ2n) is 2.91. The number of allylic oxidation sites excluding steroid dienone is 1. The van der Waals surface area contributed by atoms with Crippen LogP contribution in [0.4, 0.5) is 0 Å². The second kappa shape index (κ2) is 3.63. The maximum absolute atomic E-state index is 5.05. The Morgan fingerprint density at radius 1 is 1.08 bits per heavy atom. The van der Waals surface area contributed by atoms with Crippen LogP contribution < -0.4 is 0 Å². The van der Waals surface area contributed by atoms with E-state index in [2.05, 4.69) is 6.58 Å². The molecule has 0 aliphatic carbocycles. The van der Waals surface area contributed by atoms with E-state index in [0.29, 0.717) is 0 Å². The minimum absolute atomic E-state index is 0.934. The zero-order chi connectivity index (χ0) is 9.14. The fourth-order valence-corrected chi connectivity index (χ4v) is 1.13. The van der Waals surface area contributed by atoms with Gasteiger partial charge in [-0.2, -0.15) is 0 Å². The molecule has 0 bridgehead atoms. The largest absolute Gasteiger partial charge is 0.0955 e. The Morgan fingerprint density at radius 2 is 1.50 bits per heavy atom. The van der Waals surface area contributed by atoms with E-state index in [1.165, 1.54) is 5.56 Å². The van der Waals surface area contributed by atoms with E-state index in [-0.39, 0.29) is 0 Å². The first-order chi connectivity index (χ1) is 5.61. The third-order valence-corrected chi connectivity index (χ3v) is 2.02. The molecule has 0 saturated heterocycles. The van der Waals surface area contributed by atoms with Crippen LogP contribution >= 0.6 is 12.2 Å². The maximum Gasteiger partial charge on any atom is 0.0193 e. The van der Waals surface area contributed by atoms with E-state index in [0.717, 1.165) is 16.0 Å². The number of hydrogen-bond donors (Lipinski definition) is 0. The lowest BCUT2D eigenvalue weighted by molar-refractivity contribution is 1.56. The smallest absolute Gasteiger partial charge is 0.0193 e. The summed E-state index contributed by atoms with van der Waals surface area (Å²) in [6, 6.07) is 8.17. The molecule has 0 atom stereocenters. The van der Waals surface area contributed by atoms with Gasteiger partial charge in [0, 0.05) is 4.86 Å². The predicted octanol–water partition coefficient (Wildman–Crippen LogP) is 3.46. The van der Waals surface area contributed by atoms with Crippen molar-refractivity contribution >= 4 is 22.7 Å². The summed E-state index contributed by atoms with van der Waals surface area (Å²) in [7, 11) is 0. The van der Waals surface area contributed by atoms with E-state index in [4.69, 9.17) is 12.2 Å². The molecule has 0 aliphatic heterocycles. The molecule has 0 nitrogen and oxygen atoms in total. The van der Waals surface area contributed by atoms with Crippen molar-refractivity contribution in [1.82, 2.24) is 0 Å². The van der Waals surface area contributed by atoms with Gasteiger partial charge in [0.05, 0.1) is 0 Å². The van der Waals surface area contributed by atoms with Crippen molar-refractivity contribution in [3.8, 4) is 0 Å². The Kier molecular flexibility index (Phi) is 2.77. The zero-order valence-corrected chi connectivity index (χ0v) is 8.24. The Balaban J connectivity index is 3.01. The van der Waals surface area contributed by atoms with Gasteiger partial charge in [-0.25, -0.2) is 0 Å². The first-order valence-corrected chi connectivity index (χ1v) is 4.29. The van der Waals surface area contributed by atoms with Gasteiger partial charge in [0.1, 0.15) is 0 Å². The molecule has 0 amide bonds. The van der Waals surface area contributed by atoms with Crippen LogP contribution in [0.25, 0.3) is 5.57 Å². The van der Waals surface area contributed by atoms with Gasteiger partial charge < -0.3 is 0 Å². The van der Waals surface area contributed by atoms with Crippen LogP contribution in [0.1, 0.15) is 25.0 Å². The lowest BCUT2D eigenvalue weighted by Crippen LogP contribution is -1.89. The molecule has 62 valence electrons. The van der Waals surface area contributed by atoms with Crippen LogP contribution in [0.3, 0.4) is 0 Å². The number of hydrogen-bond acceptors (Lipinski definition) is 1. The molecule has 1 aromatic carbocycles. The van der Waals surface area contributed by atoms with Crippen molar-refractivity contribution < 1.29 is 0 Å². The van der Waals surface area contributed by atoms with Crippen LogP contribution in [0.5, 0.6) is 0 Å². The summed E-state index contributed by atoms with van der Waals surface area (Å²) in [5.41, 5.74) is 3.38. The third-order valence-electron chi connectivity index (χ3n) is 1.78. The van der Waals surface area contributed by atoms with Gasteiger partial charge in [0.25, 0.3) is 0 Å². The fourth-order valence-electron chi connectivity index (χ4n) is 0.989. The minimum Gasteiger partial charge on any atom is -0.0955 e. The quantitative estimate of drug-likeness (QED) is 0.491. The summed E-state index contributed by atoms with van der Waals surface area (Å²) >= 11 is 5.05. The summed E-state index contributed by atoms with van der Waals surface area (Å²) < 4.78 is 0. The Morgan fingerprint density at radius 3 is 1.83 bits per heavy atom. The predicted molar refractivity (Wildman–Crippen MR) is 58.5 cm³/mol. The molecule has 0 aliphatic rings. The highest BCUT2D eigenvalue weighted by molar-refractivity contribution is 7.80. The van der Waals surface area contributed by atoms with Gasteiger partial charge in [-0.1, -0.05) is 48.6 Å². The van der Waals surface area contributed by atoms with Crippen molar-refractivity contribution in [3.05, 3.63) is 42.0 Å². The highest BCUT2D eigenvalue weighted by Gasteiger charge is 1.95. The summed E-state index contributed by atoms with van der Waals surface area (Å²) in [5, 5.41) is 0. The van der Waals surface area contributed by atoms with Crippen molar-refractivity contribution in [1.29, 1.82) is 0 Å². The van der Waals surface area contributed by atoms with E-state index in [9.17, 15) is 0 Å². The normalized spacial score (nSPS) is 9.50. The summed E-state index contributed by atoms with van der Waals surface area (Å²) in [6.45, 7) is 7.80. The standard InChI is InChI=1S/C11H12S/c1-8(2)10-4-6-11(7-5-10)9(3)12/h4-7H,1H2,2-3H3. The second-order valence-corrected chi connectivity index (χ2v) is 3.53. The lowest BCUT2D eigenvalue weighted by Gasteiger charge is -2.01. The third kappa shape index (κ3) is 2.02. The van der Waals surface area contributed by atoms with Crippen molar-refractivity contribution in [2.75, 3.05) is 0 Å². The maximum atomic E-state index is 5.05. The SMILES string of the molecule is C=C(C)c1ccc(C(C)=S)cc1. The molecule has 0 spiro atoms. The number of benzene rings is 1. The first-order valence-electron chi connectivity index (χ1n) is 3.88. The fraction of sp³-hybridized carbons (Fsp3) is 0.182. The molecule has 0 unspecified atom stereocenters. The van der Waals surface area contributed by atoms with Gasteiger partial charge in [-0.05, 0) is 25.0 Å². The average molecular weight is 176 g/mol. The lowest BCUT2D eigenvalue weighted by atomic mass is 10.1. The molecule has 0 N–H and O–H groups in total. The highest BCUT2D eigenvalue weighted by atomic mass is 32.1. The van der Waals surface area contributed by atoms with Gasteiger partial charge in [-0.3, -0.25) is 0 Å². The van der Waals surface area contributed by atoms with Crippen LogP contribution in [-0.2, 0) is 0 Å². The molecule has 0 aromatic heterocycles. The van der Waals surface area contributed by atoms with Crippen LogP contribution in [0.2, 0.25) is 0 Å². The minimum atomic E-state index is 0.934. The molecule has 0 radical (unpaired) electrons. The summed E-state index contributed by atoms with van der Waals surface area (Å²) in [4.78, 5) is 0.934. The van der Waals surface area contributed by atoms with Crippen molar-refractivity contribution in [2.45, 2.75) is 13.8 Å². The van der Waals surface area contributed by atoms with Crippen molar-refractivity contribution in [3.63, 3.8) is 0 Å². The number of thiocarbonyl (C=S) groups is 1. The summed E-state index contributed by atoms with van der Waals surface area (Å²) in [5.74, 6) is 0. The zero-order valence-electron chi connectivity index (χ0n) is 7.42. The molecule has 12 heavy (non-hydrogen) atoms. The van der Waals surface area contributed by atoms with Crippen LogP contribution in [0.15, 0.2) is 30.8 Å².